The van der Waals surface area contributed by atoms with Gasteiger partial charge in [-0.1, -0.05) is 47.6 Å². The molecule has 174 valence electrons. The molecule has 0 aliphatic rings. The number of nitrogens with two attached hydrogens (primary N) is 1. The number of amides is 2. The third-order valence-electron chi connectivity index (χ3n) is 5.47. The Balaban J connectivity index is 1.55. The van der Waals surface area contributed by atoms with E-state index in [1.165, 1.54) is 11.3 Å². The highest BCUT2D eigenvalue weighted by atomic mass is 32.1. The molecule has 2 heterocycles. The lowest BCUT2D eigenvalue weighted by atomic mass is 10.1. The van der Waals surface area contributed by atoms with Crippen LogP contribution in [-0.2, 0) is 19.6 Å². The van der Waals surface area contributed by atoms with Gasteiger partial charge in [0.15, 0.2) is 0 Å². The van der Waals surface area contributed by atoms with Gasteiger partial charge in [0.2, 0.25) is 0 Å². The van der Waals surface area contributed by atoms with E-state index in [9.17, 15) is 9.59 Å². The van der Waals surface area contributed by atoms with Crippen molar-refractivity contribution >= 4 is 28.8 Å². The Morgan fingerprint density at radius 2 is 1.74 bits per heavy atom. The lowest BCUT2D eigenvalue weighted by Crippen LogP contribution is -2.31. The molecule has 0 atom stereocenters. The van der Waals surface area contributed by atoms with Gasteiger partial charge < -0.3 is 20.5 Å². The average molecular weight is 475 g/mol. The van der Waals surface area contributed by atoms with Crippen LogP contribution in [-0.4, -0.2) is 21.9 Å². The number of nitrogens with zero attached hydrogens (tertiary/aromatic N) is 2. The second kappa shape index (κ2) is 10.5. The highest BCUT2D eigenvalue weighted by molar-refractivity contribution is 7.12. The standard InChI is InChI=1S/C26H26N4O3S/c1-17-24(18(2)33-29-17)26(32)30(16-21-6-3-5-20(13-21)14-27)15-19-8-10-22(11-9-19)28-25(31)23-7-4-12-34-23/h3-13H,14-16,27H2,1-2H3,(H,28,31). The molecule has 2 aromatic carbocycles. The SMILES string of the molecule is Cc1noc(C)c1C(=O)N(Cc1ccc(NC(=O)c2cccs2)cc1)Cc1cccc(CN)c1. The zero-order chi connectivity index (χ0) is 24.1. The second-order valence-electron chi connectivity index (χ2n) is 8.01. The third kappa shape index (κ3) is 5.41. The van der Waals surface area contributed by atoms with E-state index < -0.39 is 0 Å². The van der Waals surface area contributed by atoms with E-state index in [-0.39, 0.29) is 11.8 Å². The van der Waals surface area contributed by atoms with Gasteiger partial charge in [-0.3, -0.25) is 9.59 Å². The summed E-state index contributed by atoms with van der Waals surface area (Å²) < 4.78 is 5.23. The number of carbonyl (C=O) groups excluding carboxylic acids is 2. The number of anilines is 1. The van der Waals surface area contributed by atoms with Crippen molar-refractivity contribution in [2.24, 2.45) is 5.73 Å². The van der Waals surface area contributed by atoms with Crippen LogP contribution in [0.25, 0.3) is 0 Å². The molecule has 2 amide bonds. The van der Waals surface area contributed by atoms with Crippen LogP contribution < -0.4 is 11.1 Å². The monoisotopic (exact) mass is 474 g/mol. The van der Waals surface area contributed by atoms with Crippen molar-refractivity contribution < 1.29 is 14.1 Å². The van der Waals surface area contributed by atoms with Crippen LogP contribution in [0.1, 0.15) is 48.2 Å². The molecular formula is C26H26N4O3S. The molecule has 4 aromatic rings. The van der Waals surface area contributed by atoms with E-state index in [0.717, 1.165) is 16.7 Å². The molecule has 3 N–H and O–H groups in total. The molecule has 0 saturated carbocycles. The Kier molecular flexibility index (Phi) is 7.20. The minimum absolute atomic E-state index is 0.141. The summed E-state index contributed by atoms with van der Waals surface area (Å²) in [5.41, 5.74) is 10.5. The summed E-state index contributed by atoms with van der Waals surface area (Å²) in [4.78, 5) is 28.2. The first-order chi connectivity index (χ1) is 16.4. The predicted octanol–water partition coefficient (Wildman–Crippen LogP) is 4.91. The lowest BCUT2D eigenvalue weighted by Gasteiger charge is -2.23. The van der Waals surface area contributed by atoms with Gasteiger partial charge in [-0.05, 0) is 54.1 Å². The van der Waals surface area contributed by atoms with E-state index in [2.05, 4.69) is 10.5 Å². The summed E-state index contributed by atoms with van der Waals surface area (Å²) in [7, 11) is 0. The van der Waals surface area contributed by atoms with Gasteiger partial charge in [0.1, 0.15) is 11.3 Å². The van der Waals surface area contributed by atoms with Gasteiger partial charge in [0.25, 0.3) is 11.8 Å². The van der Waals surface area contributed by atoms with Crippen molar-refractivity contribution in [3.8, 4) is 0 Å². The molecule has 0 bridgehead atoms. The first kappa shape index (κ1) is 23.4. The minimum atomic E-state index is -0.149. The van der Waals surface area contributed by atoms with E-state index in [1.807, 2.05) is 60.0 Å². The van der Waals surface area contributed by atoms with Crippen LogP contribution in [0.15, 0.2) is 70.6 Å². The van der Waals surface area contributed by atoms with Gasteiger partial charge in [0, 0.05) is 25.3 Å². The molecule has 0 aliphatic heterocycles. The Bertz CT molecular complexity index is 1260. The fraction of sp³-hybridized carbons (Fsp3) is 0.192. The van der Waals surface area contributed by atoms with Gasteiger partial charge in [-0.25, -0.2) is 0 Å². The molecule has 2 aromatic heterocycles. The summed E-state index contributed by atoms with van der Waals surface area (Å²) in [6, 6.07) is 19.0. The van der Waals surface area contributed by atoms with Gasteiger partial charge in [-0.15, -0.1) is 11.3 Å². The number of aryl methyl sites for hydroxylation is 2. The number of thiophene rings is 1. The van der Waals surface area contributed by atoms with E-state index in [4.69, 9.17) is 10.3 Å². The first-order valence-electron chi connectivity index (χ1n) is 10.9. The molecule has 0 fully saturated rings. The largest absolute Gasteiger partial charge is 0.361 e. The maximum atomic E-state index is 13.5. The molecule has 0 unspecified atom stereocenters. The molecular weight excluding hydrogens is 448 g/mol. The van der Waals surface area contributed by atoms with E-state index in [0.29, 0.717) is 47.2 Å². The maximum absolute atomic E-state index is 13.5. The maximum Gasteiger partial charge on any atom is 0.265 e. The van der Waals surface area contributed by atoms with Crippen molar-refractivity contribution in [3.05, 3.63) is 105 Å². The third-order valence-corrected chi connectivity index (χ3v) is 6.33. The zero-order valence-electron chi connectivity index (χ0n) is 19.1. The van der Waals surface area contributed by atoms with Crippen LogP contribution in [0.2, 0.25) is 0 Å². The summed E-state index contributed by atoms with van der Waals surface area (Å²) in [5.74, 6) is 0.206. The van der Waals surface area contributed by atoms with Gasteiger partial charge in [-0.2, -0.15) is 0 Å². The number of nitrogens with one attached hydrogen (secondary N) is 1. The topological polar surface area (TPSA) is 101 Å². The normalized spacial score (nSPS) is 10.8. The predicted molar refractivity (Wildman–Crippen MR) is 133 cm³/mol. The number of benzene rings is 2. The number of aromatic nitrogens is 1. The summed E-state index contributed by atoms with van der Waals surface area (Å²) in [6.07, 6.45) is 0. The Morgan fingerprint density at radius 3 is 2.38 bits per heavy atom. The molecule has 0 spiro atoms. The molecule has 8 heteroatoms. The van der Waals surface area contributed by atoms with Crippen molar-refractivity contribution in [3.63, 3.8) is 0 Å². The van der Waals surface area contributed by atoms with E-state index in [1.54, 1.807) is 24.8 Å². The minimum Gasteiger partial charge on any atom is -0.361 e. The van der Waals surface area contributed by atoms with Crippen molar-refractivity contribution in [2.45, 2.75) is 33.5 Å². The summed E-state index contributed by atoms with van der Waals surface area (Å²) in [5, 5.41) is 8.71. The highest BCUT2D eigenvalue weighted by Gasteiger charge is 2.24. The van der Waals surface area contributed by atoms with Crippen LogP contribution in [0.4, 0.5) is 5.69 Å². The second-order valence-corrected chi connectivity index (χ2v) is 8.96. The zero-order valence-corrected chi connectivity index (χ0v) is 19.9. The van der Waals surface area contributed by atoms with Gasteiger partial charge in [0.05, 0.1) is 10.6 Å². The van der Waals surface area contributed by atoms with Gasteiger partial charge >= 0.3 is 0 Å². The molecule has 0 aliphatic carbocycles. The Hall–Kier alpha value is -3.75. The fourth-order valence-corrected chi connectivity index (χ4v) is 4.35. The summed E-state index contributed by atoms with van der Waals surface area (Å²) >= 11 is 1.39. The highest BCUT2D eigenvalue weighted by Crippen LogP contribution is 2.21. The average Bonchev–Trinajstić information content (AvgIpc) is 3.50. The quantitative estimate of drug-likeness (QED) is 0.378. The number of rotatable bonds is 8. The Labute approximate surface area is 202 Å². The van der Waals surface area contributed by atoms with Crippen molar-refractivity contribution in [1.82, 2.24) is 10.1 Å². The van der Waals surface area contributed by atoms with Crippen LogP contribution in [0.3, 0.4) is 0 Å². The van der Waals surface area contributed by atoms with Crippen LogP contribution in [0.5, 0.6) is 0 Å². The number of carbonyl (C=O) groups is 2. The van der Waals surface area contributed by atoms with Crippen LogP contribution in [0, 0.1) is 13.8 Å². The summed E-state index contributed by atoms with van der Waals surface area (Å²) in [6.45, 7) is 4.74. The number of hydrogen-bond acceptors (Lipinski definition) is 6. The molecule has 7 nitrogen and oxygen atoms in total. The first-order valence-corrected chi connectivity index (χ1v) is 11.8. The number of hydrogen-bond donors (Lipinski definition) is 2. The molecule has 0 radical (unpaired) electrons. The van der Waals surface area contributed by atoms with Crippen molar-refractivity contribution in [2.75, 3.05) is 5.32 Å². The smallest absolute Gasteiger partial charge is 0.265 e. The Morgan fingerprint density at radius 1 is 1.00 bits per heavy atom. The molecule has 4 rings (SSSR count). The fourth-order valence-electron chi connectivity index (χ4n) is 3.74. The molecule has 34 heavy (non-hydrogen) atoms. The molecule has 0 saturated heterocycles. The lowest BCUT2D eigenvalue weighted by molar-refractivity contribution is 0.0727. The van der Waals surface area contributed by atoms with Crippen LogP contribution >= 0.6 is 11.3 Å². The van der Waals surface area contributed by atoms with Crippen molar-refractivity contribution in [1.29, 1.82) is 0 Å². The van der Waals surface area contributed by atoms with E-state index >= 15 is 0 Å².